The summed E-state index contributed by atoms with van der Waals surface area (Å²) in [4.78, 5) is 2.53. The Labute approximate surface area is 108 Å². The summed E-state index contributed by atoms with van der Waals surface area (Å²) in [5.41, 5.74) is 0.192. The van der Waals surface area contributed by atoms with Gasteiger partial charge < -0.3 is 10.1 Å². The molecule has 0 saturated heterocycles. The molecule has 0 aromatic carbocycles. The van der Waals surface area contributed by atoms with Gasteiger partial charge in [-0.1, -0.05) is 13.8 Å². The molecule has 3 heteroatoms. The highest BCUT2D eigenvalue weighted by atomic mass is 16.5. The molecule has 0 bridgehead atoms. The molecule has 0 spiro atoms. The van der Waals surface area contributed by atoms with E-state index in [2.05, 4.69) is 51.8 Å². The fourth-order valence-corrected chi connectivity index (χ4v) is 2.19. The van der Waals surface area contributed by atoms with E-state index in [0.717, 1.165) is 19.7 Å². The zero-order valence-electron chi connectivity index (χ0n) is 12.8. The van der Waals surface area contributed by atoms with Gasteiger partial charge in [-0.05, 0) is 40.7 Å². The first kappa shape index (κ1) is 16.9. The van der Waals surface area contributed by atoms with Gasteiger partial charge in [0, 0.05) is 31.3 Å². The minimum atomic E-state index is 0.192. The van der Waals surface area contributed by atoms with Gasteiger partial charge in [0.05, 0.1) is 6.61 Å². The highest BCUT2D eigenvalue weighted by Crippen LogP contribution is 2.10. The van der Waals surface area contributed by atoms with Crippen LogP contribution in [0.5, 0.6) is 0 Å². The van der Waals surface area contributed by atoms with Crippen molar-refractivity contribution >= 4 is 0 Å². The molecular formula is C14H32N2O. The zero-order valence-corrected chi connectivity index (χ0v) is 12.8. The van der Waals surface area contributed by atoms with Crippen molar-refractivity contribution in [1.29, 1.82) is 0 Å². The van der Waals surface area contributed by atoms with E-state index in [-0.39, 0.29) is 5.54 Å². The molecule has 0 amide bonds. The number of hydrogen-bond donors (Lipinski definition) is 1. The number of likely N-dealkylation sites (N-methyl/N-ethyl adjacent to an activating group) is 1. The normalized spacial score (nSPS) is 16.2. The average Bonchev–Trinajstić information content (AvgIpc) is 2.22. The number of ether oxygens (including phenoxy) is 1. The van der Waals surface area contributed by atoms with Crippen LogP contribution in [0.25, 0.3) is 0 Å². The lowest BCUT2D eigenvalue weighted by atomic mass is 10.1. The van der Waals surface area contributed by atoms with Crippen LogP contribution in [0.3, 0.4) is 0 Å². The van der Waals surface area contributed by atoms with Crippen molar-refractivity contribution in [3.8, 4) is 0 Å². The van der Waals surface area contributed by atoms with Crippen LogP contribution in [0.15, 0.2) is 0 Å². The maximum absolute atomic E-state index is 5.26. The Hall–Kier alpha value is -0.120. The van der Waals surface area contributed by atoms with Crippen LogP contribution in [-0.4, -0.2) is 49.3 Å². The molecule has 0 heterocycles. The van der Waals surface area contributed by atoms with Crippen molar-refractivity contribution in [2.45, 2.75) is 65.6 Å². The van der Waals surface area contributed by atoms with Crippen LogP contribution in [0.4, 0.5) is 0 Å². The molecule has 2 atom stereocenters. The van der Waals surface area contributed by atoms with Crippen LogP contribution >= 0.6 is 0 Å². The first-order chi connectivity index (χ1) is 7.85. The Bertz CT molecular complexity index is 189. The molecule has 0 aliphatic heterocycles. The Kier molecular flexibility index (Phi) is 8.01. The van der Waals surface area contributed by atoms with Crippen molar-refractivity contribution in [3.63, 3.8) is 0 Å². The van der Waals surface area contributed by atoms with Crippen molar-refractivity contribution in [1.82, 2.24) is 10.2 Å². The fourth-order valence-electron chi connectivity index (χ4n) is 2.19. The van der Waals surface area contributed by atoms with Crippen LogP contribution in [0.1, 0.15) is 48.0 Å². The Morgan fingerprint density at radius 3 is 2.18 bits per heavy atom. The van der Waals surface area contributed by atoms with E-state index in [0.29, 0.717) is 12.1 Å². The van der Waals surface area contributed by atoms with Crippen LogP contribution in [-0.2, 0) is 4.74 Å². The van der Waals surface area contributed by atoms with Gasteiger partial charge in [0.2, 0.25) is 0 Å². The van der Waals surface area contributed by atoms with Crippen LogP contribution in [0.2, 0.25) is 0 Å². The summed E-state index contributed by atoms with van der Waals surface area (Å²) >= 11 is 0. The molecule has 1 N–H and O–H groups in total. The van der Waals surface area contributed by atoms with Crippen LogP contribution in [0, 0.1) is 0 Å². The Morgan fingerprint density at radius 1 is 1.24 bits per heavy atom. The average molecular weight is 244 g/mol. The second-order valence-corrected chi connectivity index (χ2v) is 5.83. The monoisotopic (exact) mass is 244 g/mol. The number of methoxy groups -OCH3 is 1. The molecule has 0 rings (SSSR count). The number of nitrogens with one attached hydrogen (secondary N) is 1. The topological polar surface area (TPSA) is 24.5 Å². The predicted octanol–water partition coefficient (Wildman–Crippen LogP) is 2.51. The maximum atomic E-state index is 5.26. The Balaban J connectivity index is 4.37. The zero-order chi connectivity index (χ0) is 13.5. The number of rotatable bonds is 8. The van der Waals surface area contributed by atoms with Gasteiger partial charge in [-0.2, -0.15) is 0 Å². The van der Waals surface area contributed by atoms with Gasteiger partial charge in [-0.3, -0.25) is 4.90 Å². The number of nitrogens with zero attached hydrogens (tertiary/aromatic N) is 1. The molecular weight excluding hydrogens is 212 g/mol. The van der Waals surface area contributed by atoms with Crippen molar-refractivity contribution in [2.24, 2.45) is 0 Å². The largest absolute Gasteiger partial charge is 0.383 e. The van der Waals surface area contributed by atoms with E-state index >= 15 is 0 Å². The summed E-state index contributed by atoms with van der Waals surface area (Å²) in [7, 11) is 1.78. The van der Waals surface area contributed by atoms with E-state index in [1.54, 1.807) is 7.11 Å². The third-order valence-electron chi connectivity index (χ3n) is 3.15. The molecule has 0 aliphatic carbocycles. The smallest absolute Gasteiger partial charge is 0.0615 e. The molecule has 0 fully saturated rings. The molecule has 0 aromatic heterocycles. The second-order valence-electron chi connectivity index (χ2n) is 5.83. The van der Waals surface area contributed by atoms with E-state index < -0.39 is 0 Å². The van der Waals surface area contributed by atoms with Gasteiger partial charge in [0.1, 0.15) is 0 Å². The third kappa shape index (κ3) is 7.02. The SMILES string of the molecule is CCC(CNC(C)(C)C)N(CC)C(C)COC. The maximum Gasteiger partial charge on any atom is 0.0615 e. The molecule has 2 unspecified atom stereocenters. The summed E-state index contributed by atoms with van der Waals surface area (Å²) in [5, 5.41) is 3.60. The molecule has 0 radical (unpaired) electrons. The van der Waals surface area contributed by atoms with Crippen molar-refractivity contribution in [3.05, 3.63) is 0 Å². The van der Waals surface area contributed by atoms with Crippen molar-refractivity contribution < 1.29 is 4.74 Å². The van der Waals surface area contributed by atoms with Gasteiger partial charge in [0.15, 0.2) is 0 Å². The van der Waals surface area contributed by atoms with Crippen LogP contribution < -0.4 is 5.32 Å². The summed E-state index contributed by atoms with van der Waals surface area (Å²) in [6.07, 6.45) is 1.17. The molecule has 17 heavy (non-hydrogen) atoms. The fraction of sp³-hybridized carbons (Fsp3) is 1.00. The third-order valence-corrected chi connectivity index (χ3v) is 3.15. The molecule has 0 aliphatic rings. The minimum absolute atomic E-state index is 0.192. The lowest BCUT2D eigenvalue weighted by Crippen LogP contribution is -2.51. The summed E-state index contributed by atoms with van der Waals surface area (Å²) in [6.45, 7) is 16.3. The van der Waals surface area contributed by atoms with Crippen molar-refractivity contribution in [2.75, 3.05) is 26.8 Å². The highest BCUT2D eigenvalue weighted by Gasteiger charge is 2.22. The number of hydrogen-bond acceptors (Lipinski definition) is 3. The quantitative estimate of drug-likeness (QED) is 0.710. The van der Waals surface area contributed by atoms with E-state index in [4.69, 9.17) is 4.74 Å². The molecule has 0 aromatic rings. The first-order valence-electron chi connectivity index (χ1n) is 6.85. The lowest BCUT2D eigenvalue weighted by Gasteiger charge is -2.36. The highest BCUT2D eigenvalue weighted by molar-refractivity contribution is 4.80. The molecule has 104 valence electrons. The summed E-state index contributed by atoms with van der Waals surface area (Å²) in [5.74, 6) is 0. The van der Waals surface area contributed by atoms with Gasteiger partial charge >= 0.3 is 0 Å². The van der Waals surface area contributed by atoms with E-state index in [9.17, 15) is 0 Å². The predicted molar refractivity (Wildman–Crippen MR) is 75.6 cm³/mol. The van der Waals surface area contributed by atoms with E-state index in [1.165, 1.54) is 6.42 Å². The Morgan fingerprint density at radius 2 is 1.82 bits per heavy atom. The lowest BCUT2D eigenvalue weighted by molar-refractivity contribution is 0.0690. The van der Waals surface area contributed by atoms with Gasteiger partial charge in [-0.15, -0.1) is 0 Å². The summed E-state index contributed by atoms with van der Waals surface area (Å²) < 4.78 is 5.26. The first-order valence-corrected chi connectivity index (χ1v) is 6.85. The second kappa shape index (κ2) is 8.06. The molecule has 0 saturated carbocycles. The van der Waals surface area contributed by atoms with Gasteiger partial charge in [0.25, 0.3) is 0 Å². The minimum Gasteiger partial charge on any atom is -0.383 e. The van der Waals surface area contributed by atoms with Gasteiger partial charge in [-0.25, -0.2) is 0 Å². The standard InChI is InChI=1S/C14H32N2O/c1-8-13(10-15-14(4,5)6)16(9-2)12(3)11-17-7/h12-13,15H,8-11H2,1-7H3. The van der Waals surface area contributed by atoms with E-state index in [1.807, 2.05) is 0 Å². The molecule has 3 nitrogen and oxygen atoms in total. The summed E-state index contributed by atoms with van der Waals surface area (Å²) in [6, 6.07) is 1.07.